The molecule has 0 radical (unpaired) electrons. The van der Waals surface area contributed by atoms with E-state index in [2.05, 4.69) is 53.0 Å². The van der Waals surface area contributed by atoms with Gasteiger partial charge in [0.25, 0.3) is 5.56 Å². The summed E-state index contributed by atoms with van der Waals surface area (Å²) < 4.78 is 0. The molecule has 4 heteroatoms. The van der Waals surface area contributed by atoms with E-state index in [-0.39, 0.29) is 5.56 Å². The highest BCUT2D eigenvalue weighted by molar-refractivity contribution is 5.26. The molecule has 1 aromatic heterocycles. The van der Waals surface area contributed by atoms with E-state index in [0.717, 1.165) is 56.0 Å². The molecule has 0 saturated carbocycles. The summed E-state index contributed by atoms with van der Waals surface area (Å²) in [4.78, 5) is 22.2. The second kappa shape index (κ2) is 6.44. The number of nitrogens with one attached hydrogen (secondary N) is 1. The van der Waals surface area contributed by atoms with Crippen molar-refractivity contribution in [2.45, 2.75) is 46.2 Å². The number of fused-ring (bicyclic) bond motifs is 1. The molecule has 116 valence electrons. The smallest absolute Gasteiger partial charge is 0.254 e. The molecular formula is C18H23N3O. The molecule has 2 aromatic rings. The van der Waals surface area contributed by atoms with Crippen LogP contribution in [-0.4, -0.2) is 21.4 Å². The van der Waals surface area contributed by atoms with Gasteiger partial charge in [0.15, 0.2) is 0 Å². The average molecular weight is 297 g/mol. The lowest BCUT2D eigenvalue weighted by Gasteiger charge is -2.28. The van der Waals surface area contributed by atoms with Gasteiger partial charge in [-0.1, -0.05) is 31.2 Å². The van der Waals surface area contributed by atoms with Gasteiger partial charge in [0, 0.05) is 31.6 Å². The lowest BCUT2D eigenvalue weighted by Crippen LogP contribution is -2.35. The Labute approximate surface area is 131 Å². The van der Waals surface area contributed by atoms with Crippen molar-refractivity contribution in [3.63, 3.8) is 0 Å². The van der Waals surface area contributed by atoms with Crippen molar-refractivity contribution in [2.75, 3.05) is 6.54 Å². The third kappa shape index (κ3) is 3.12. The van der Waals surface area contributed by atoms with Crippen molar-refractivity contribution in [2.24, 2.45) is 0 Å². The van der Waals surface area contributed by atoms with Crippen LogP contribution in [0.25, 0.3) is 0 Å². The normalized spacial score (nSPS) is 14.8. The number of nitrogens with zero attached hydrogens (tertiary/aromatic N) is 2. The molecule has 2 heterocycles. The Morgan fingerprint density at radius 3 is 2.91 bits per heavy atom. The zero-order chi connectivity index (χ0) is 15.5. The SMILES string of the molecule is CCCc1nc2c(c(=O)[nH]1)CCN(Cc1ccccc1C)C2. The van der Waals surface area contributed by atoms with Gasteiger partial charge in [-0.2, -0.15) is 0 Å². The number of aryl methyl sites for hydroxylation is 2. The number of H-pyrrole nitrogens is 1. The Balaban J connectivity index is 1.81. The number of aromatic nitrogens is 2. The Bertz CT molecular complexity index is 721. The maximum atomic E-state index is 12.2. The zero-order valence-corrected chi connectivity index (χ0v) is 13.4. The van der Waals surface area contributed by atoms with Gasteiger partial charge < -0.3 is 4.98 Å². The summed E-state index contributed by atoms with van der Waals surface area (Å²) in [7, 11) is 0. The molecule has 1 aliphatic rings. The second-order valence-electron chi connectivity index (χ2n) is 6.08. The van der Waals surface area contributed by atoms with Crippen LogP contribution in [0.5, 0.6) is 0 Å². The summed E-state index contributed by atoms with van der Waals surface area (Å²) in [5.41, 5.74) is 4.57. The summed E-state index contributed by atoms with van der Waals surface area (Å²) in [5, 5.41) is 0. The van der Waals surface area contributed by atoms with Crippen LogP contribution in [-0.2, 0) is 25.9 Å². The van der Waals surface area contributed by atoms with Crippen molar-refractivity contribution in [3.05, 3.63) is 62.8 Å². The Morgan fingerprint density at radius 1 is 1.32 bits per heavy atom. The van der Waals surface area contributed by atoms with Crippen LogP contribution in [0.2, 0.25) is 0 Å². The number of rotatable bonds is 4. The quantitative estimate of drug-likeness (QED) is 0.943. The maximum Gasteiger partial charge on any atom is 0.254 e. The van der Waals surface area contributed by atoms with Crippen molar-refractivity contribution in [1.82, 2.24) is 14.9 Å². The topological polar surface area (TPSA) is 49.0 Å². The molecule has 3 rings (SSSR count). The molecule has 0 aliphatic carbocycles. The standard InChI is InChI=1S/C18H23N3O/c1-3-6-17-19-16-12-21(10-9-15(16)18(22)20-17)11-14-8-5-4-7-13(14)2/h4-5,7-8H,3,6,9-12H2,1-2H3,(H,19,20,22). The van der Waals surface area contributed by atoms with E-state index in [1.807, 2.05) is 0 Å². The Morgan fingerprint density at radius 2 is 2.14 bits per heavy atom. The molecule has 4 nitrogen and oxygen atoms in total. The van der Waals surface area contributed by atoms with E-state index in [0.29, 0.717) is 0 Å². The van der Waals surface area contributed by atoms with Gasteiger partial charge >= 0.3 is 0 Å². The number of aromatic amines is 1. The average Bonchev–Trinajstić information content (AvgIpc) is 2.50. The van der Waals surface area contributed by atoms with Crippen molar-refractivity contribution < 1.29 is 0 Å². The van der Waals surface area contributed by atoms with Crippen LogP contribution in [0, 0.1) is 6.92 Å². The zero-order valence-electron chi connectivity index (χ0n) is 13.4. The van der Waals surface area contributed by atoms with Gasteiger partial charge in [-0.3, -0.25) is 9.69 Å². The highest BCUT2D eigenvalue weighted by Gasteiger charge is 2.21. The largest absolute Gasteiger partial charge is 0.310 e. The highest BCUT2D eigenvalue weighted by atomic mass is 16.1. The Hall–Kier alpha value is -1.94. The maximum absolute atomic E-state index is 12.2. The molecule has 0 saturated heterocycles. The van der Waals surface area contributed by atoms with Gasteiger partial charge in [-0.15, -0.1) is 0 Å². The van der Waals surface area contributed by atoms with Crippen LogP contribution < -0.4 is 5.56 Å². The van der Waals surface area contributed by atoms with Crippen LogP contribution >= 0.6 is 0 Å². The van der Waals surface area contributed by atoms with Crippen LogP contribution in [0.4, 0.5) is 0 Å². The van der Waals surface area contributed by atoms with Crippen molar-refractivity contribution in [3.8, 4) is 0 Å². The van der Waals surface area contributed by atoms with E-state index in [4.69, 9.17) is 0 Å². The summed E-state index contributed by atoms with van der Waals surface area (Å²) in [5.74, 6) is 0.823. The van der Waals surface area contributed by atoms with Gasteiger partial charge in [-0.05, 0) is 30.9 Å². The fraction of sp³-hybridized carbons (Fsp3) is 0.444. The molecule has 0 bridgehead atoms. The monoisotopic (exact) mass is 297 g/mol. The molecule has 1 N–H and O–H groups in total. The minimum Gasteiger partial charge on any atom is -0.310 e. The Kier molecular flexibility index (Phi) is 4.39. The third-order valence-corrected chi connectivity index (χ3v) is 4.34. The third-order valence-electron chi connectivity index (χ3n) is 4.34. The predicted molar refractivity (Wildman–Crippen MR) is 87.8 cm³/mol. The van der Waals surface area contributed by atoms with E-state index < -0.39 is 0 Å². The molecule has 0 amide bonds. The number of benzene rings is 1. The fourth-order valence-corrected chi connectivity index (χ4v) is 3.06. The molecule has 0 spiro atoms. The van der Waals surface area contributed by atoms with E-state index in [1.165, 1.54) is 11.1 Å². The lowest BCUT2D eigenvalue weighted by atomic mass is 10.0. The van der Waals surface area contributed by atoms with Crippen molar-refractivity contribution in [1.29, 1.82) is 0 Å². The van der Waals surface area contributed by atoms with Crippen LogP contribution in [0.1, 0.15) is 41.6 Å². The molecule has 0 atom stereocenters. The first-order chi connectivity index (χ1) is 10.7. The fourth-order valence-electron chi connectivity index (χ4n) is 3.06. The van der Waals surface area contributed by atoms with Crippen LogP contribution in [0.3, 0.4) is 0 Å². The summed E-state index contributed by atoms with van der Waals surface area (Å²) >= 11 is 0. The van der Waals surface area contributed by atoms with E-state index in [9.17, 15) is 4.79 Å². The first-order valence-corrected chi connectivity index (χ1v) is 8.05. The molecule has 0 fully saturated rings. The number of hydrogen-bond acceptors (Lipinski definition) is 3. The first-order valence-electron chi connectivity index (χ1n) is 8.05. The summed E-state index contributed by atoms with van der Waals surface area (Å²) in [6, 6.07) is 8.49. The van der Waals surface area contributed by atoms with Crippen molar-refractivity contribution >= 4 is 0 Å². The molecule has 22 heavy (non-hydrogen) atoms. The minimum absolute atomic E-state index is 0.0593. The molecular weight excluding hydrogens is 274 g/mol. The summed E-state index contributed by atoms with van der Waals surface area (Å²) in [6.45, 7) is 6.85. The first kappa shape index (κ1) is 15.0. The lowest BCUT2D eigenvalue weighted by molar-refractivity contribution is 0.239. The van der Waals surface area contributed by atoms with Gasteiger partial charge in [0.05, 0.1) is 5.69 Å². The second-order valence-corrected chi connectivity index (χ2v) is 6.08. The van der Waals surface area contributed by atoms with E-state index >= 15 is 0 Å². The molecule has 1 aliphatic heterocycles. The summed E-state index contributed by atoms with van der Waals surface area (Å²) in [6.07, 6.45) is 2.62. The number of hydrogen-bond donors (Lipinski definition) is 1. The van der Waals surface area contributed by atoms with Crippen LogP contribution in [0.15, 0.2) is 29.1 Å². The molecule has 0 unspecified atom stereocenters. The highest BCUT2D eigenvalue weighted by Crippen LogP contribution is 2.18. The van der Waals surface area contributed by atoms with Gasteiger partial charge in [0.2, 0.25) is 0 Å². The minimum atomic E-state index is 0.0593. The predicted octanol–water partition coefficient (Wildman–Crippen LogP) is 2.59. The van der Waals surface area contributed by atoms with Gasteiger partial charge in [-0.25, -0.2) is 4.98 Å². The molecule has 1 aromatic carbocycles. The van der Waals surface area contributed by atoms with E-state index in [1.54, 1.807) is 0 Å². The van der Waals surface area contributed by atoms with Gasteiger partial charge in [0.1, 0.15) is 5.82 Å².